The van der Waals surface area contributed by atoms with E-state index < -0.39 is 0 Å². The maximum absolute atomic E-state index is 12.5. The number of nitrogens with two attached hydrogens (primary N) is 1. The van der Waals surface area contributed by atoms with Gasteiger partial charge in [-0.1, -0.05) is 30.3 Å². The average molecular weight is 487 g/mol. The third-order valence-electron chi connectivity index (χ3n) is 6.06. The lowest BCUT2D eigenvalue weighted by Gasteiger charge is -2.09. The first-order valence-corrected chi connectivity index (χ1v) is 11.7. The van der Waals surface area contributed by atoms with Crippen molar-refractivity contribution in [3.05, 3.63) is 109 Å². The first-order valence-electron chi connectivity index (χ1n) is 11.7. The van der Waals surface area contributed by atoms with E-state index in [-0.39, 0.29) is 5.91 Å². The number of anilines is 3. The summed E-state index contributed by atoms with van der Waals surface area (Å²) in [7, 11) is 0. The molecule has 0 atom stereocenters. The van der Waals surface area contributed by atoms with Crippen LogP contribution in [0.2, 0.25) is 0 Å². The molecule has 0 spiro atoms. The molecule has 8 heteroatoms. The minimum Gasteiger partial charge on any atom is -0.455 e. The van der Waals surface area contributed by atoms with Crippen molar-refractivity contribution < 1.29 is 9.21 Å². The fourth-order valence-corrected chi connectivity index (χ4v) is 4.23. The van der Waals surface area contributed by atoms with Crippen LogP contribution < -0.4 is 16.4 Å². The molecule has 0 radical (unpaired) electrons. The Morgan fingerprint density at radius 1 is 0.838 bits per heavy atom. The summed E-state index contributed by atoms with van der Waals surface area (Å²) in [6, 6.07) is 26.7. The number of nitrogens with one attached hydrogen (secondary N) is 2. The molecule has 8 nitrogen and oxygen atoms in total. The molecule has 0 aliphatic heterocycles. The molecule has 0 aliphatic rings. The third-order valence-corrected chi connectivity index (χ3v) is 6.06. The van der Waals surface area contributed by atoms with Crippen molar-refractivity contribution >= 4 is 45.0 Å². The summed E-state index contributed by atoms with van der Waals surface area (Å²) in [5.74, 6) is 0.342. The molecule has 0 saturated carbocycles. The number of benzene rings is 3. The molecule has 0 bridgehead atoms. The van der Waals surface area contributed by atoms with Crippen molar-refractivity contribution in [1.29, 1.82) is 0 Å². The Balaban J connectivity index is 1.21. The number of fused-ring (bicyclic) bond motifs is 3. The van der Waals surface area contributed by atoms with Crippen molar-refractivity contribution in [2.24, 2.45) is 5.73 Å². The van der Waals surface area contributed by atoms with Crippen molar-refractivity contribution in [3.63, 3.8) is 0 Å². The Kier molecular flexibility index (Phi) is 5.76. The Morgan fingerprint density at radius 3 is 2.51 bits per heavy atom. The molecule has 0 unspecified atom stereocenters. The highest BCUT2D eigenvalue weighted by Crippen LogP contribution is 2.35. The maximum atomic E-state index is 12.5. The lowest BCUT2D eigenvalue weighted by molar-refractivity contribution is 0.102. The number of para-hydroxylation sites is 2. The molecule has 3 aromatic carbocycles. The number of carbonyl (C=O) groups is 1. The van der Waals surface area contributed by atoms with Crippen LogP contribution >= 0.6 is 0 Å². The van der Waals surface area contributed by atoms with Gasteiger partial charge in [0.25, 0.3) is 5.91 Å². The predicted molar refractivity (Wildman–Crippen MR) is 145 cm³/mol. The highest BCUT2D eigenvalue weighted by Gasteiger charge is 2.13. The SMILES string of the molecule is NCc1ccnc(C(=O)Nc2ccc(Nc3cc(-c4cccc5c4oc4ccccc45)ncn3)cc2)c1. The molecule has 3 heterocycles. The second-order valence-electron chi connectivity index (χ2n) is 8.48. The molecular formula is C29H22N6O2. The largest absolute Gasteiger partial charge is 0.455 e. The Labute approximate surface area is 212 Å². The summed E-state index contributed by atoms with van der Waals surface area (Å²) in [4.78, 5) is 25.5. The first kappa shape index (κ1) is 22.4. The number of hydrogen-bond acceptors (Lipinski definition) is 7. The van der Waals surface area contributed by atoms with Crippen molar-refractivity contribution in [1.82, 2.24) is 15.0 Å². The molecule has 0 fully saturated rings. The highest BCUT2D eigenvalue weighted by atomic mass is 16.3. The van der Waals surface area contributed by atoms with Gasteiger partial charge in [0.1, 0.15) is 29.0 Å². The zero-order valence-electron chi connectivity index (χ0n) is 19.7. The summed E-state index contributed by atoms with van der Waals surface area (Å²) in [5, 5.41) is 8.26. The molecule has 1 amide bonds. The number of pyridine rings is 1. The van der Waals surface area contributed by atoms with Crippen LogP contribution in [-0.2, 0) is 6.54 Å². The second kappa shape index (κ2) is 9.52. The Morgan fingerprint density at radius 2 is 1.65 bits per heavy atom. The number of nitrogens with zero attached hydrogens (tertiary/aromatic N) is 3. The van der Waals surface area contributed by atoms with Gasteiger partial charge in [-0.25, -0.2) is 9.97 Å². The summed E-state index contributed by atoms with van der Waals surface area (Å²) >= 11 is 0. The molecule has 4 N–H and O–H groups in total. The molecule has 6 rings (SSSR count). The molecular weight excluding hydrogens is 464 g/mol. The number of carbonyl (C=O) groups excluding carboxylic acids is 1. The minimum absolute atomic E-state index is 0.295. The predicted octanol–water partition coefficient (Wildman–Crippen LogP) is 5.89. The van der Waals surface area contributed by atoms with E-state index in [1.165, 1.54) is 6.33 Å². The van der Waals surface area contributed by atoms with Crippen LogP contribution in [0, 0.1) is 0 Å². The molecule has 0 aliphatic carbocycles. The number of hydrogen-bond donors (Lipinski definition) is 3. The lowest BCUT2D eigenvalue weighted by Crippen LogP contribution is -2.14. The summed E-state index contributed by atoms with van der Waals surface area (Å²) in [6.45, 7) is 0.349. The van der Waals surface area contributed by atoms with Crippen molar-refractivity contribution in [2.75, 3.05) is 10.6 Å². The van der Waals surface area contributed by atoms with Gasteiger partial charge in [0.2, 0.25) is 0 Å². The van der Waals surface area contributed by atoms with Gasteiger partial charge in [-0.15, -0.1) is 0 Å². The highest BCUT2D eigenvalue weighted by molar-refractivity contribution is 6.09. The van der Waals surface area contributed by atoms with Gasteiger partial charge < -0.3 is 20.8 Å². The zero-order chi connectivity index (χ0) is 25.2. The zero-order valence-corrected chi connectivity index (χ0v) is 19.7. The van der Waals surface area contributed by atoms with Gasteiger partial charge in [-0.05, 0) is 54.1 Å². The maximum Gasteiger partial charge on any atom is 0.274 e. The van der Waals surface area contributed by atoms with Gasteiger partial charge in [0, 0.05) is 46.5 Å². The quantitative estimate of drug-likeness (QED) is 0.268. The topological polar surface area (TPSA) is 119 Å². The van der Waals surface area contributed by atoms with Crippen LogP contribution in [0.15, 0.2) is 102 Å². The smallest absolute Gasteiger partial charge is 0.274 e. The lowest BCUT2D eigenvalue weighted by atomic mass is 10.1. The van der Waals surface area contributed by atoms with Gasteiger partial charge in [-0.3, -0.25) is 9.78 Å². The van der Waals surface area contributed by atoms with Crippen LogP contribution in [0.1, 0.15) is 16.1 Å². The third kappa shape index (κ3) is 4.49. The van der Waals surface area contributed by atoms with Crippen LogP contribution in [-0.4, -0.2) is 20.9 Å². The average Bonchev–Trinajstić information content (AvgIpc) is 3.33. The van der Waals surface area contributed by atoms with E-state index in [9.17, 15) is 4.79 Å². The van der Waals surface area contributed by atoms with Gasteiger partial charge in [0.05, 0.1) is 5.69 Å². The monoisotopic (exact) mass is 486 g/mol. The Hall–Kier alpha value is -5.08. The van der Waals surface area contributed by atoms with Crippen LogP contribution in [0.4, 0.5) is 17.2 Å². The van der Waals surface area contributed by atoms with Gasteiger partial charge >= 0.3 is 0 Å². The van der Waals surface area contributed by atoms with E-state index in [0.717, 1.165) is 44.4 Å². The van der Waals surface area contributed by atoms with E-state index in [0.29, 0.717) is 23.7 Å². The van der Waals surface area contributed by atoms with Crippen LogP contribution in [0.5, 0.6) is 0 Å². The van der Waals surface area contributed by atoms with Crippen molar-refractivity contribution in [2.45, 2.75) is 6.54 Å². The number of amides is 1. The minimum atomic E-state index is -0.295. The number of furan rings is 1. The van der Waals surface area contributed by atoms with E-state index in [4.69, 9.17) is 10.2 Å². The fourth-order valence-electron chi connectivity index (χ4n) is 4.23. The molecule has 180 valence electrons. The number of rotatable bonds is 6. The molecule has 3 aromatic heterocycles. The second-order valence-corrected chi connectivity index (χ2v) is 8.48. The standard InChI is InChI=1S/C29H22N6O2/c30-16-18-12-13-31-25(14-18)29(36)35-20-10-8-19(9-11-20)34-27-15-24(32-17-33-27)23-6-3-5-22-21-4-1-2-7-26(21)37-28(22)23/h1-15,17H,16,30H2,(H,35,36)(H,32,33,34). The Bertz CT molecular complexity index is 1740. The van der Waals surface area contributed by atoms with E-state index in [2.05, 4.69) is 37.7 Å². The molecule has 0 saturated heterocycles. The van der Waals surface area contributed by atoms with Gasteiger partial charge in [-0.2, -0.15) is 0 Å². The first-order chi connectivity index (χ1) is 18.2. The fraction of sp³-hybridized carbons (Fsp3) is 0.0345. The number of aromatic nitrogens is 3. The normalized spacial score (nSPS) is 11.1. The van der Waals surface area contributed by atoms with Crippen LogP contribution in [0.3, 0.4) is 0 Å². The molecule has 37 heavy (non-hydrogen) atoms. The van der Waals surface area contributed by atoms with E-state index in [1.54, 1.807) is 18.3 Å². The summed E-state index contributed by atoms with van der Waals surface area (Å²) < 4.78 is 6.16. The van der Waals surface area contributed by atoms with E-state index in [1.807, 2.05) is 60.7 Å². The molecule has 6 aromatic rings. The summed E-state index contributed by atoms with van der Waals surface area (Å²) in [6.07, 6.45) is 3.10. The van der Waals surface area contributed by atoms with E-state index >= 15 is 0 Å². The van der Waals surface area contributed by atoms with Crippen LogP contribution in [0.25, 0.3) is 33.2 Å². The van der Waals surface area contributed by atoms with Crippen molar-refractivity contribution in [3.8, 4) is 11.3 Å². The van der Waals surface area contributed by atoms with Gasteiger partial charge in [0.15, 0.2) is 0 Å². The summed E-state index contributed by atoms with van der Waals surface area (Å²) in [5.41, 5.74) is 11.6.